The minimum Gasteiger partial charge on any atom is -0.350 e. The summed E-state index contributed by atoms with van der Waals surface area (Å²) in [5, 5.41) is 6.01. The summed E-state index contributed by atoms with van der Waals surface area (Å²) in [6, 6.07) is 8.49. The first kappa shape index (κ1) is 18.6. The Kier molecular flexibility index (Phi) is 5.13. The van der Waals surface area contributed by atoms with Crippen molar-refractivity contribution in [1.29, 1.82) is 0 Å². The SMILES string of the molecule is CN(C(=O)CNC=O)c1nc2ccccc2n(C2CC3CCCC(C2)N3)c1=O. The number of amides is 2. The summed E-state index contributed by atoms with van der Waals surface area (Å²) in [4.78, 5) is 42.0. The fourth-order valence-electron chi connectivity index (χ4n) is 4.53. The maximum absolute atomic E-state index is 13.4. The van der Waals surface area contributed by atoms with Gasteiger partial charge in [-0.15, -0.1) is 0 Å². The van der Waals surface area contributed by atoms with Crippen molar-refractivity contribution in [3.63, 3.8) is 0 Å². The smallest absolute Gasteiger partial charge is 0.294 e. The van der Waals surface area contributed by atoms with Crippen molar-refractivity contribution in [2.45, 2.75) is 50.2 Å². The van der Waals surface area contributed by atoms with Gasteiger partial charge in [0.1, 0.15) is 0 Å². The molecule has 0 spiro atoms. The van der Waals surface area contributed by atoms with Crippen molar-refractivity contribution in [3.05, 3.63) is 34.6 Å². The Hall–Kier alpha value is -2.74. The zero-order chi connectivity index (χ0) is 19.7. The molecule has 148 valence electrons. The molecule has 0 aliphatic carbocycles. The first-order valence-electron chi connectivity index (χ1n) is 9.79. The lowest BCUT2D eigenvalue weighted by Gasteiger charge is -2.41. The lowest BCUT2D eigenvalue weighted by Crippen LogP contribution is -2.50. The number of nitrogens with zero attached hydrogens (tertiary/aromatic N) is 3. The highest BCUT2D eigenvalue weighted by atomic mass is 16.2. The van der Waals surface area contributed by atoms with E-state index in [0.29, 0.717) is 24.0 Å². The summed E-state index contributed by atoms with van der Waals surface area (Å²) in [6.45, 7) is -0.175. The molecule has 2 atom stereocenters. The summed E-state index contributed by atoms with van der Waals surface area (Å²) < 4.78 is 1.83. The first-order valence-corrected chi connectivity index (χ1v) is 9.79. The number of para-hydroxylation sites is 2. The number of likely N-dealkylation sites (N-methyl/N-ethyl adjacent to an activating group) is 1. The van der Waals surface area contributed by atoms with Crippen LogP contribution in [0, 0.1) is 0 Å². The summed E-state index contributed by atoms with van der Waals surface area (Å²) in [6.07, 6.45) is 5.75. The third-order valence-corrected chi connectivity index (χ3v) is 5.86. The number of benzene rings is 1. The summed E-state index contributed by atoms with van der Waals surface area (Å²) in [5.74, 6) is -0.291. The standard InChI is InChI=1S/C20H25N5O3/c1-24(18(27)11-21-12-26)19-20(28)25(17-8-3-2-7-16(17)23-19)15-9-13-5-4-6-14(10-15)22-13/h2-3,7-8,12-15,22H,4-6,9-11H2,1H3,(H,21,26). The van der Waals surface area contributed by atoms with Crippen LogP contribution in [0.4, 0.5) is 5.82 Å². The molecule has 2 fully saturated rings. The monoisotopic (exact) mass is 383 g/mol. The molecule has 2 amide bonds. The van der Waals surface area contributed by atoms with Crippen LogP contribution in [0.15, 0.2) is 29.1 Å². The Balaban J connectivity index is 1.79. The van der Waals surface area contributed by atoms with E-state index in [9.17, 15) is 14.4 Å². The number of rotatable bonds is 5. The highest BCUT2D eigenvalue weighted by molar-refractivity contribution is 5.94. The molecule has 1 aromatic carbocycles. The van der Waals surface area contributed by atoms with Crippen LogP contribution in [0.2, 0.25) is 0 Å². The molecule has 2 aromatic rings. The fourth-order valence-corrected chi connectivity index (χ4v) is 4.53. The van der Waals surface area contributed by atoms with Gasteiger partial charge in [-0.1, -0.05) is 18.6 Å². The maximum Gasteiger partial charge on any atom is 0.294 e. The normalized spacial score (nSPS) is 24.0. The third kappa shape index (κ3) is 3.40. The lowest BCUT2D eigenvalue weighted by atomic mass is 9.84. The van der Waals surface area contributed by atoms with Crippen molar-refractivity contribution in [1.82, 2.24) is 20.2 Å². The highest BCUT2D eigenvalue weighted by Crippen LogP contribution is 2.33. The van der Waals surface area contributed by atoms with Crippen LogP contribution in [0.25, 0.3) is 11.0 Å². The largest absolute Gasteiger partial charge is 0.350 e. The van der Waals surface area contributed by atoms with Gasteiger partial charge in [0, 0.05) is 25.2 Å². The van der Waals surface area contributed by atoms with Gasteiger partial charge in [-0.05, 0) is 37.8 Å². The zero-order valence-electron chi connectivity index (χ0n) is 15.9. The molecule has 2 N–H and O–H groups in total. The van der Waals surface area contributed by atoms with Crippen molar-refractivity contribution in [2.24, 2.45) is 0 Å². The third-order valence-electron chi connectivity index (χ3n) is 5.86. The predicted molar refractivity (Wildman–Crippen MR) is 106 cm³/mol. The van der Waals surface area contributed by atoms with E-state index in [1.165, 1.54) is 18.4 Å². The number of nitrogens with one attached hydrogen (secondary N) is 2. The Bertz CT molecular complexity index is 944. The van der Waals surface area contributed by atoms with Crippen LogP contribution in [0.1, 0.15) is 38.1 Å². The zero-order valence-corrected chi connectivity index (χ0v) is 15.9. The molecular formula is C20H25N5O3. The van der Waals surface area contributed by atoms with Gasteiger partial charge in [0.05, 0.1) is 17.6 Å². The number of aromatic nitrogens is 2. The number of carbonyl (C=O) groups is 2. The molecule has 0 saturated carbocycles. The molecule has 3 heterocycles. The summed E-state index contributed by atoms with van der Waals surface area (Å²) in [7, 11) is 1.52. The number of piperidine rings is 2. The Morgan fingerprint density at radius 2 is 2.04 bits per heavy atom. The van der Waals surface area contributed by atoms with E-state index in [1.54, 1.807) is 0 Å². The average Bonchev–Trinajstić information content (AvgIpc) is 2.70. The number of anilines is 1. The van der Waals surface area contributed by atoms with E-state index in [4.69, 9.17) is 0 Å². The van der Waals surface area contributed by atoms with E-state index in [1.807, 2.05) is 28.8 Å². The van der Waals surface area contributed by atoms with Gasteiger partial charge >= 0.3 is 0 Å². The van der Waals surface area contributed by atoms with E-state index >= 15 is 0 Å². The molecule has 8 heteroatoms. The molecule has 2 bridgehead atoms. The first-order chi connectivity index (χ1) is 13.6. The van der Waals surface area contributed by atoms with Gasteiger partial charge < -0.3 is 15.2 Å². The van der Waals surface area contributed by atoms with Gasteiger partial charge in [0.2, 0.25) is 18.1 Å². The highest BCUT2D eigenvalue weighted by Gasteiger charge is 2.34. The van der Waals surface area contributed by atoms with E-state index in [0.717, 1.165) is 31.2 Å². The molecular weight excluding hydrogens is 358 g/mol. The van der Waals surface area contributed by atoms with Gasteiger partial charge in [-0.25, -0.2) is 4.98 Å². The van der Waals surface area contributed by atoms with E-state index < -0.39 is 0 Å². The molecule has 28 heavy (non-hydrogen) atoms. The second kappa shape index (κ2) is 7.71. The van der Waals surface area contributed by atoms with Crippen molar-refractivity contribution in [3.8, 4) is 0 Å². The minimum atomic E-state index is -0.388. The second-order valence-corrected chi connectivity index (χ2v) is 7.67. The molecule has 8 nitrogen and oxygen atoms in total. The average molecular weight is 383 g/mol. The van der Waals surface area contributed by atoms with Crippen LogP contribution in [-0.2, 0) is 9.59 Å². The van der Waals surface area contributed by atoms with Gasteiger partial charge in [0.25, 0.3) is 5.56 Å². The van der Waals surface area contributed by atoms with Crippen molar-refractivity contribution in [2.75, 3.05) is 18.5 Å². The molecule has 2 unspecified atom stereocenters. The van der Waals surface area contributed by atoms with Gasteiger partial charge in [0.15, 0.2) is 0 Å². The van der Waals surface area contributed by atoms with Gasteiger partial charge in [-0.2, -0.15) is 0 Å². The van der Waals surface area contributed by atoms with E-state index in [2.05, 4.69) is 15.6 Å². The Labute approximate surface area is 162 Å². The molecule has 2 aliphatic rings. The second-order valence-electron chi connectivity index (χ2n) is 7.67. The fraction of sp³-hybridized carbons (Fsp3) is 0.500. The minimum absolute atomic E-state index is 0.0762. The number of hydrogen-bond donors (Lipinski definition) is 2. The lowest BCUT2D eigenvalue weighted by molar-refractivity contribution is -0.119. The Morgan fingerprint density at radius 3 is 2.75 bits per heavy atom. The van der Waals surface area contributed by atoms with Crippen LogP contribution in [-0.4, -0.2) is 47.5 Å². The number of carbonyl (C=O) groups excluding carboxylic acids is 2. The maximum atomic E-state index is 13.4. The number of hydrogen-bond acceptors (Lipinski definition) is 5. The van der Waals surface area contributed by atoms with Gasteiger partial charge in [-0.3, -0.25) is 19.3 Å². The molecule has 4 rings (SSSR count). The molecule has 2 saturated heterocycles. The van der Waals surface area contributed by atoms with Crippen molar-refractivity contribution < 1.29 is 9.59 Å². The summed E-state index contributed by atoms with van der Waals surface area (Å²) in [5.41, 5.74) is 1.22. The molecule has 1 aromatic heterocycles. The van der Waals surface area contributed by atoms with E-state index in [-0.39, 0.29) is 29.9 Å². The van der Waals surface area contributed by atoms with Crippen molar-refractivity contribution >= 4 is 29.2 Å². The summed E-state index contributed by atoms with van der Waals surface area (Å²) >= 11 is 0. The Morgan fingerprint density at radius 1 is 1.32 bits per heavy atom. The van der Waals surface area contributed by atoms with Crippen LogP contribution >= 0.6 is 0 Å². The molecule has 0 radical (unpaired) electrons. The van der Waals surface area contributed by atoms with Crippen LogP contribution in [0.5, 0.6) is 0 Å². The number of fused-ring (bicyclic) bond motifs is 3. The van der Waals surface area contributed by atoms with Crippen LogP contribution < -0.4 is 21.1 Å². The predicted octanol–water partition coefficient (Wildman–Crippen LogP) is 0.951. The topological polar surface area (TPSA) is 96.3 Å². The molecule has 2 aliphatic heterocycles. The van der Waals surface area contributed by atoms with Crippen LogP contribution in [0.3, 0.4) is 0 Å². The quantitative estimate of drug-likeness (QED) is 0.750.